The fraction of sp³-hybridized carbons (Fsp3) is 0.522. The Morgan fingerprint density at radius 1 is 1.04 bits per heavy atom. The number of carbonyl (C=O) groups excluding carboxylic acids is 1. The number of rotatable bonds is 2. The number of benzene rings is 1. The van der Waals surface area contributed by atoms with E-state index < -0.39 is 0 Å². The lowest BCUT2D eigenvalue weighted by molar-refractivity contribution is -0.119. The number of aromatic nitrogens is 2. The molecule has 0 aliphatic carbocycles. The second-order valence-electron chi connectivity index (χ2n) is 9.72. The third kappa shape index (κ3) is 3.50. The Hall–Kier alpha value is -2.23. The maximum Gasteiger partial charge on any atom is 0.154 e. The quantitative estimate of drug-likeness (QED) is 0.725. The molecule has 0 saturated carbocycles. The number of fused-ring (bicyclic) bond motifs is 1. The fourth-order valence-electron chi connectivity index (χ4n) is 3.76. The lowest BCUT2D eigenvalue weighted by atomic mass is 9.74. The van der Waals surface area contributed by atoms with Gasteiger partial charge in [-0.05, 0) is 40.2 Å². The first-order valence-corrected chi connectivity index (χ1v) is 9.66. The Balaban J connectivity index is 2.34. The molecule has 2 atom stereocenters. The third-order valence-corrected chi connectivity index (χ3v) is 5.18. The maximum absolute atomic E-state index is 12.5. The van der Waals surface area contributed by atoms with E-state index in [9.17, 15) is 4.79 Å². The van der Waals surface area contributed by atoms with E-state index in [4.69, 9.17) is 10.1 Å². The van der Waals surface area contributed by atoms with E-state index in [2.05, 4.69) is 72.7 Å². The molecule has 27 heavy (non-hydrogen) atoms. The number of hydrogen-bond donors (Lipinski definition) is 0. The van der Waals surface area contributed by atoms with Crippen LogP contribution in [-0.2, 0) is 15.7 Å². The molecular weight excluding hydrogens is 334 g/mol. The summed E-state index contributed by atoms with van der Waals surface area (Å²) in [4.78, 5) is 17.2. The van der Waals surface area contributed by atoms with E-state index in [1.807, 2.05) is 10.9 Å². The number of Topliss-reactive ketones (excluding diaryl/α,β-unsaturated/α-hetero) is 1. The highest BCUT2D eigenvalue weighted by atomic mass is 16.1. The standard InChI is InChI=1S/C23H31N3O/c1-14-9-11-16(12-10-14)18-17(15(2)27)13-24-21-19(18)20(22(3,4)5)25-26(21)23(6,7)8/h9-13,17-18H,1-8H3. The van der Waals surface area contributed by atoms with Gasteiger partial charge in [0.2, 0.25) is 0 Å². The Bertz CT molecular complexity index is 889. The summed E-state index contributed by atoms with van der Waals surface area (Å²) in [7, 11) is 0. The van der Waals surface area contributed by atoms with Crippen LogP contribution in [-0.4, -0.2) is 21.8 Å². The van der Waals surface area contributed by atoms with Crippen molar-refractivity contribution in [3.05, 3.63) is 46.6 Å². The Morgan fingerprint density at radius 3 is 2.11 bits per heavy atom. The fourth-order valence-corrected chi connectivity index (χ4v) is 3.76. The van der Waals surface area contributed by atoms with Crippen molar-refractivity contribution in [3.63, 3.8) is 0 Å². The van der Waals surface area contributed by atoms with E-state index in [1.165, 1.54) is 5.56 Å². The second-order valence-corrected chi connectivity index (χ2v) is 9.72. The number of aliphatic imine (C=N–C) groups is 1. The van der Waals surface area contributed by atoms with Gasteiger partial charge in [-0.3, -0.25) is 4.79 Å². The van der Waals surface area contributed by atoms with Gasteiger partial charge >= 0.3 is 0 Å². The highest BCUT2D eigenvalue weighted by Gasteiger charge is 2.40. The van der Waals surface area contributed by atoms with Crippen molar-refractivity contribution in [3.8, 4) is 0 Å². The first kappa shape index (κ1) is 19.5. The zero-order valence-corrected chi connectivity index (χ0v) is 17.8. The molecule has 0 radical (unpaired) electrons. The lowest BCUT2D eigenvalue weighted by Crippen LogP contribution is -2.28. The highest BCUT2D eigenvalue weighted by Crippen LogP contribution is 2.47. The molecule has 2 heterocycles. The first-order valence-electron chi connectivity index (χ1n) is 9.66. The van der Waals surface area contributed by atoms with Gasteiger partial charge in [0, 0.05) is 23.1 Å². The van der Waals surface area contributed by atoms with Gasteiger partial charge < -0.3 is 0 Å². The van der Waals surface area contributed by atoms with Crippen LogP contribution < -0.4 is 0 Å². The summed E-state index contributed by atoms with van der Waals surface area (Å²) >= 11 is 0. The molecule has 1 aliphatic heterocycles. The highest BCUT2D eigenvalue weighted by molar-refractivity contribution is 5.97. The van der Waals surface area contributed by atoms with Crippen LogP contribution in [0.25, 0.3) is 0 Å². The van der Waals surface area contributed by atoms with Gasteiger partial charge in [0.15, 0.2) is 5.82 Å². The summed E-state index contributed by atoms with van der Waals surface area (Å²) in [5.41, 5.74) is 4.16. The lowest BCUT2D eigenvalue weighted by Gasteiger charge is -2.30. The molecule has 4 nitrogen and oxygen atoms in total. The first-order chi connectivity index (χ1) is 12.4. The Labute approximate surface area is 162 Å². The van der Waals surface area contributed by atoms with Gasteiger partial charge in [0.25, 0.3) is 0 Å². The van der Waals surface area contributed by atoms with Gasteiger partial charge in [-0.15, -0.1) is 0 Å². The summed E-state index contributed by atoms with van der Waals surface area (Å²) in [6, 6.07) is 8.51. The molecule has 0 amide bonds. The number of ketones is 1. The van der Waals surface area contributed by atoms with E-state index in [0.717, 1.165) is 22.6 Å². The van der Waals surface area contributed by atoms with Crippen molar-refractivity contribution in [2.45, 2.75) is 72.3 Å². The molecule has 1 aliphatic rings. The Kier molecular flexibility index (Phi) is 4.65. The monoisotopic (exact) mass is 365 g/mol. The van der Waals surface area contributed by atoms with Crippen LogP contribution >= 0.6 is 0 Å². The predicted octanol–water partition coefficient (Wildman–Crippen LogP) is 5.30. The number of carbonyl (C=O) groups is 1. The van der Waals surface area contributed by atoms with Crippen molar-refractivity contribution in [2.24, 2.45) is 10.9 Å². The average molecular weight is 366 g/mol. The second kappa shape index (κ2) is 6.43. The molecule has 3 rings (SSSR count). The minimum Gasteiger partial charge on any atom is -0.299 e. The van der Waals surface area contributed by atoms with Crippen LogP contribution in [0.5, 0.6) is 0 Å². The molecule has 2 aromatic rings. The van der Waals surface area contributed by atoms with Gasteiger partial charge in [-0.1, -0.05) is 50.6 Å². The van der Waals surface area contributed by atoms with Crippen molar-refractivity contribution in [2.75, 3.05) is 0 Å². The zero-order chi connectivity index (χ0) is 20.1. The maximum atomic E-state index is 12.5. The molecule has 0 spiro atoms. The van der Waals surface area contributed by atoms with Crippen molar-refractivity contribution >= 4 is 17.8 Å². The van der Waals surface area contributed by atoms with E-state index in [1.54, 1.807) is 6.92 Å². The van der Waals surface area contributed by atoms with Crippen LogP contribution in [0.3, 0.4) is 0 Å². The summed E-state index contributed by atoms with van der Waals surface area (Å²) < 4.78 is 2.02. The third-order valence-electron chi connectivity index (χ3n) is 5.18. The number of nitrogens with zero attached hydrogens (tertiary/aromatic N) is 3. The number of aryl methyl sites for hydroxylation is 1. The smallest absolute Gasteiger partial charge is 0.154 e. The normalized spacial score (nSPS) is 19.9. The van der Waals surface area contributed by atoms with Crippen LogP contribution in [0.1, 0.15) is 76.8 Å². The minimum absolute atomic E-state index is 0.0547. The van der Waals surface area contributed by atoms with Gasteiger partial charge in [-0.25, -0.2) is 9.67 Å². The molecule has 4 heteroatoms. The molecule has 1 aromatic carbocycles. The molecule has 2 unspecified atom stereocenters. The SMILES string of the molecule is CC(=O)C1C=Nc2c(c(C(C)(C)C)nn2C(C)(C)C)C1c1ccc(C)cc1. The summed E-state index contributed by atoms with van der Waals surface area (Å²) in [5, 5.41) is 5.01. The summed E-state index contributed by atoms with van der Waals surface area (Å²) in [6.45, 7) is 16.7. The summed E-state index contributed by atoms with van der Waals surface area (Å²) in [6.07, 6.45) is 1.82. The van der Waals surface area contributed by atoms with Crippen LogP contribution in [0, 0.1) is 12.8 Å². The Morgan fingerprint density at radius 2 is 1.63 bits per heavy atom. The molecule has 0 fully saturated rings. The molecule has 144 valence electrons. The van der Waals surface area contributed by atoms with Gasteiger partial charge in [0.1, 0.15) is 5.78 Å². The molecule has 0 N–H and O–H groups in total. The zero-order valence-electron chi connectivity index (χ0n) is 17.8. The van der Waals surface area contributed by atoms with Crippen molar-refractivity contribution in [1.82, 2.24) is 9.78 Å². The average Bonchev–Trinajstić information content (AvgIpc) is 2.94. The van der Waals surface area contributed by atoms with Crippen LogP contribution in [0.2, 0.25) is 0 Å². The molecule has 1 aromatic heterocycles. The van der Waals surface area contributed by atoms with Gasteiger partial charge in [-0.2, -0.15) is 5.10 Å². The molecule has 0 saturated heterocycles. The van der Waals surface area contributed by atoms with Crippen LogP contribution in [0.4, 0.5) is 5.82 Å². The van der Waals surface area contributed by atoms with Crippen molar-refractivity contribution < 1.29 is 4.79 Å². The van der Waals surface area contributed by atoms with Crippen LogP contribution in [0.15, 0.2) is 29.3 Å². The topological polar surface area (TPSA) is 47.2 Å². The minimum atomic E-state index is -0.265. The van der Waals surface area contributed by atoms with Crippen molar-refractivity contribution in [1.29, 1.82) is 0 Å². The molecular formula is C23H31N3O. The van der Waals surface area contributed by atoms with Gasteiger partial charge in [0.05, 0.1) is 17.2 Å². The number of hydrogen-bond acceptors (Lipinski definition) is 3. The van der Waals surface area contributed by atoms with E-state index in [0.29, 0.717) is 0 Å². The predicted molar refractivity (Wildman–Crippen MR) is 111 cm³/mol. The molecule has 0 bridgehead atoms. The largest absolute Gasteiger partial charge is 0.299 e. The van der Waals surface area contributed by atoms with E-state index in [-0.39, 0.29) is 28.6 Å². The van der Waals surface area contributed by atoms with E-state index >= 15 is 0 Å². The summed E-state index contributed by atoms with van der Waals surface area (Å²) in [5.74, 6) is 0.702.